The summed E-state index contributed by atoms with van der Waals surface area (Å²) in [6.45, 7) is -0.585. The number of carboxylic acids is 1. The number of benzene rings is 1. The molecule has 2 amide bonds. The van der Waals surface area contributed by atoms with E-state index in [1.165, 1.54) is 24.3 Å². The average molecular weight is 392 g/mol. The molecule has 0 aromatic heterocycles. The molecule has 1 heterocycles. The summed E-state index contributed by atoms with van der Waals surface area (Å²) in [4.78, 5) is 23.8. The van der Waals surface area contributed by atoms with E-state index in [9.17, 15) is 27.2 Å². The monoisotopic (exact) mass is 392 g/mol. The lowest BCUT2D eigenvalue weighted by molar-refractivity contribution is -0.187. The fourth-order valence-corrected chi connectivity index (χ4v) is 2.81. The van der Waals surface area contributed by atoms with Gasteiger partial charge in [-0.2, -0.15) is 13.2 Å². The molecule has 6 nitrogen and oxygen atoms in total. The van der Waals surface area contributed by atoms with Gasteiger partial charge in [-0.1, -0.05) is 0 Å². The van der Waals surface area contributed by atoms with Crippen molar-refractivity contribution in [2.75, 3.05) is 26.2 Å². The Balaban J connectivity index is 1.68. The number of halogens is 4. The molecule has 1 fully saturated rings. The van der Waals surface area contributed by atoms with Crippen LogP contribution in [0.25, 0.3) is 0 Å². The highest BCUT2D eigenvalue weighted by atomic mass is 19.4. The summed E-state index contributed by atoms with van der Waals surface area (Å²) in [5.41, 5.74) is 0. The Morgan fingerprint density at radius 2 is 1.85 bits per heavy atom. The van der Waals surface area contributed by atoms with E-state index in [1.54, 1.807) is 0 Å². The number of urea groups is 1. The highest BCUT2D eigenvalue weighted by Gasteiger charge is 2.53. The number of unbranched alkanes of at least 4 members (excludes halogenated alkanes) is 1. The number of amides is 2. The molecule has 1 aromatic carbocycles. The number of hydrogen-bond donors (Lipinski definition) is 2. The van der Waals surface area contributed by atoms with E-state index in [2.05, 4.69) is 5.32 Å². The maximum Gasteiger partial charge on any atom is 0.394 e. The SMILES string of the molecule is O=C(O)[C@@H]1CN(C(=O)NCCCCOc2ccc(F)cc2)C[C@H]1C(F)(F)F. The van der Waals surface area contributed by atoms with Crippen molar-refractivity contribution in [2.24, 2.45) is 11.8 Å². The number of nitrogens with one attached hydrogen (secondary N) is 1. The number of aliphatic carboxylic acids is 1. The molecule has 1 aliphatic rings. The molecule has 2 rings (SSSR count). The molecule has 1 saturated heterocycles. The smallest absolute Gasteiger partial charge is 0.394 e. The Morgan fingerprint density at radius 1 is 1.19 bits per heavy atom. The van der Waals surface area contributed by atoms with Crippen molar-refractivity contribution in [3.05, 3.63) is 30.1 Å². The van der Waals surface area contributed by atoms with Gasteiger partial charge in [0.15, 0.2) is 0 Å². The molecule has 1 aliphatic heterocycles. The lowest BCUT2D eigenvalue weighted by Gasteiger charge is -2.18. The van der Waals surface area contributed by atoms with Gasteiger partial charge in [0, 0.05) is 19.6 Å². The van der Waals surface area contributed by atoms with Gasteiger partial charge < -0.3 is 20.1 Å². The van der Waals surface area contributed by atoms with Crippen molar-refractivity contribution in [2.45, 2.75) is 19.0 Å². The van der Waals surface area contributed by atoms with Crippen LogP contribution in [-0.4, -0.2) is 54.4 Å². The molecular weight excluding hydrogens is 372 g/mol. The van der Waals surface area contributed by atoms with Crippen LogP contribution in [0.2, 0.25) is 0 Å². The average Bonchev–Trinajstić information content (AvgIpc) is 3.05. The van der Waals surface area contributed by atoms with Gasteiger partial charge in [0.2, 0.25) is 0 Å². The minimum absolute atomic E-state index is 0.219. The van der Waals surface area contributed by atoms with Gasteiger partial charge in [0.1, 0.15) is 11.6 Å². The molecule has 0 saturated carbocycles. The van der Waals surface area contributed by atoms with Gasteiger partial charge in [-0.3, -0.25) is 4.79 Å². The van der Waals surface area contributed by atoms with Gasteiger partial charge in [-0.25, -0.2) is 9.18 Å². The van der Waals surface area contributed by atoms with Crippen molar-refractivity contribution in [3.63, 3.8) is 0 Å². The number of carbonyl (C=O) groups is 2. The number of likely N-dealkylation sites (tertiary alicyclic amines) is 1. The standard InChI is InChI=1S/C17H20F4N2O4/c18-11-3-5-12(6-4-11)27-8-2-1-7-22-16(26)23-9-13(15(24)25)14(10-23)17(19,20)21/h3-6,13-14H,1-2,7-10H2,(H,22,26)(H,24,25)/t13-,14-/m1/s1. The molecule has 1 aromatic rings. The number of nitrogens with zero attached hydrogens (tertiary/aromatic N) is 1. The van der Waals surface area contributed by atoms with Crippen molar-refractivity contribution in [1.82, 2.24) is 10.2 Å². The van der Waals surface area contributed by atoms with Crippen molar-refractivity contribution in [1.29, 1.82) is 0 Å². The number of rotatable bonds is 7. The quantitative estimate of drug-likeness (QED) is 0.553. The first-order chi connectivity index (χ1) is 12.7. The van der Waals surface area contributed by atoms with Crippen LogP contribution >= 0.6 is 0 Å². The molecule has 27 heavy (non-hydrogen) atoms. The Kier molecular flexibility index (Phi) is 6.86. The molecular formula is C17H20F4N2O4. The second-order valence-corrected chi connectivity index (χ2v) is 6.24. The zero-order valence-corrected chi connectivity index (χ0v) is 14.3. The van der Waals surface area contributed by atoms with Crippen LogP contribution in [0.5, 0.6) is 5.75 Å². The van der Waals surface area contributed by atoms with E-state index in [0.29, 0.717) is 25.2 Å². The third kappa shape index (κ3) is 6.00. The van der Waals surface area contributed by atoms with Crippen LogP contribution in [0.4, 0.5) is 22.4 Å². The first-order valence-electron chi connectivity index (χ1n) is 8.39. The normalized spacial score (nSPS) is 19.8. The largest absolute Gasteiger partial charge is 0.494 e. The molecule has 0 spiro atoms. The maximum absolute atomic E-state index is 12.9. The van der Waals surface area contributed by atoms with Crippen molar-refractivity contribution >= 4 is 12.0 Å². The molecule has 150 valence electrons. The van der Waals surface area contributed by atoms with E-state index in [0.717, 1.165) is 4.90 Å². The lowest BCUT2D eigenvalue weighted by Crippen LogP contribution is -2.40. The van der Waals surface area contributed by atoms with Gasteiger partial charge in [0.25, 0.3) is 0 Å². The first kappa shape index (κ1) is 20.8. The molecule has 0 radical (unpaired) electrons. The minimum atomic E-state index is -4.67. The summed E-state index contributed by atoms with van der Waals surface area (Å²) in [6, 6.07) is 4.79. The summed E-state index contributed by atoms with van der Waals surface area (Å²) >= 11 is 0. The number of alkyl halides is 3. The number of ether oxygens (including phenoxy) is 1. The predicted octanol–water partition coefficient (Wildman–Crippen LogP) is 2.89. The van der Waals surface area contributed by atoms with Gasteiger partial charge in [0.05, 0.1) is 18.4 Å². The van der Waals surface area contributed by atoms with Crippen LogP contribution < -0.4 is 10.1 Å². The molecule has 0 bridgehead atoms. The highest BCUT2D eigenvalue weighted by molar-refractivity contribution is 5.77. The second kappa shape index (κ2) is 8.92. The summed E-state index contributed by atoms with van der Waals surface area (Å²) in [6.07, 6.45) is -3.58. The molecule has 0 unspecified atom stereocenters. The summed E-state index contributed by atoms with van der Waals surface area (Å²) in [5.74, 6) is -5.14. The zero-order valence-electron chi connectivity index (χ0n) is 14.3. The van der Waals surface area contributed by atoms with Crippen LogP contribution in [0.15, 0.2) is 24.3 Å². The summed E-state index contributed by atoms with van der Waals surface area (Å²) < 4.78 is 56.8. The molecule has 10 heteroatoms. The Labute approximate surface area is 153 Å². The number of hydrogen-bond acceptors (Lipinski definition) is 3. The van der Waals surface area contributed by atoms with E-state index in [-0.39, 0.29) is 12.4 Å². The van der Waals surface area contributed by atoms with Gasteiger partial charge >= 0.3 is 18.2 Å². The lowest BCUT2D eigenvalue weighted by atomic mass is 9.96. The van der Waals surface area contributed by atoms with Crippen LogP contribution in [0.1, 0.15) is 12.8 Å². The third-order valence-corrected chi connectivity index (χ3v) is 4.27. The molecule has 2 N–H and O–H groups in total. The Morgan fingerprint density at radius 3 is 2.41 bits per heavy atom. The van der Waals surface area contributed by atoms with E-state index < -0.39 is 43.1 Å². The number of carboxylic acid groups (broad SMARTS) is 1. The molecule has 0 aliphatic carbocycles. The fourth-order valence-electron chi connectivity index (χ4n) is 2.81. The second-order valence-electron chi connectivity index (χ2n) is 6.24. The predicted molar refractivity (Wildman–Crippen MR) is 86.8 cm³/mol. The van der Waals surface area contributed by atoms with E-state index in [4.69, 9.17) is 9.84 Å². The van der Waals surface area contributed by atoms with Crippen molar-refractivity contribution < 1.29 is 37.0 Å². The van der Waals surface area contributed by atoms with E-state index >= 15 is 0 Å². The maximum atomic E-state index is 12.9. The minimum Gasteiger partial charge on any atom is -0.494 e. The number of carbonyl (C=O) groups excluding carboxylic acids is 1. The van der Waals surface area contributed by atoms with Crippen LogP contribution in [0, 0.1) is 17.7 Å². The Hall–Kier alpha value is -2.52. The third-order valence-electron chi connectivity index (χ3n) is 4.27. The fraction of sp³-hybridized carbons (Fsp3) is 0.529. The summed E-state index contributed by atoms with van der Waals surface area (Å²) in [7, 11) is 0. The van der Waals surface area contributed by atoms with Crippen LogP contribution in [-0.2, 0) is 4.79 Å². The van der Waals surface area contributed by atoms with E-state index in [1.807, 2.05) is 0 Å². The zero-order chi connectivity index (χ0) is 20.0. The first-order valence-corrected chi connectivity index (χ1v) is 8.39. The summed E-state index contributed by atoms with van der Waals surface area (Å²) in [5, 5.41) is 11.4. The highest BCUT2D eigenvalue weighted by Crippen LogP contribution is 2.37. The molecule has 2 atom stereocenters. The topological polar surface area (TPSA) is 78.9 Å². The van der Waals surface area contributed by atoms with Gasteiger partial charge in [-0.05, 0) is 37.1 Å². The van der Waals surface area contributed by atoms with Gasteiger partial charge in [-0.15, -0.1) is 0 Å². The Bertz CT molecular complexity index is 651. The van der Waals surface area contributed by atoms with Crippen LogP contribution in [0.3, 0.4) is 0 Å². The van der Waals surface area contributed by atoms with Crippen molar-refractivity contribution in [3.8, 4) is 5.75 Å².